The molecule has 2 aromatic rings. The van der Waals surface area contributed by atoms with Gasteiger partial charge in [-0.15, -0.1) is 5.10 Å². The van der Waals surface area contributed by atoms with E-state index in [4.69, 9.17) is 0 Å². The van der Waals surface area contributed by atoms with Gasteiger partial charge in [-0.05, 0) is 0 Å². The van der Waals surface area contributed by atoms with Crippen LogP contribution in [0.5, 0.6) is 0 Å². The Hall–Kier alpha value is -2.09. The van der Waals surface area contributed by atoms with Crippen LogP contribution in [0, 0.1) is 0 Å². The normalized spacial score (nSPS) is 9.81. The van der Waals surface area contributed by atoms with Crippen molar-refractivity contribution in [2.45, 2.75) is 0 Å². The molecule has 0 atom stereocenters. The van der Waals surface area contributed by atoms with Crippen LogP contribution in [0.1, 0.15) is 10.5 Å². The molecule has 16 heavy (non-hydrogen) atoms. The van der Waals surface area contributed by atoms with Gasteiger partial charge in [0, 0.05) is 18.6 Å². The predicted molar refractivity (Wildman–Crippen MR) is 59.4 cm³/mol. The Bertz CT molecular complexity index is 485. The molecular weight excluding hydrogens is 228 g/mol. The van der Waals surface area contributed by atoms with Gasteiger partial charge in [0.15, 0.2) is 0 Å². The van der Waals surface area contributed by atoms with Gasteiger partial charge in [0.1, 0.15) is 16.5 Å². The van der Waals surface area contributed by atoms with Gasteiger partial charge >= 0.3 is 0 Å². The second kappa shape index (κ2) is 4.62. The smallest absolute Gasteiger partial charge is 0.276 e. The van der Waals surface area contributed by atoms with Crippen molar-refractivity contribution in [1.82, 2.24) is 19.6 Å². The molecule has 0 spiro atoms. The molecule has 2 N–H and O–H groups in total. The minimum absolute atomic E-state index is 0.236. The van der Waals surface area contributed by atoms with E-state index in [0.717, 1.165) is 11.5 Å². The molecule has 0 aliphatic heterocycles. The molecule has 0 aromatic carbocycles. The molecule has 2 heterocycles. The highest BCUT2D eigenvalue weighted by Gasteiger charge is 2.09. The molecule has 8 heteroatoms. The zero-order valence-corrected chi connectivity index (χ0v) is 9.15. The van der Waals surface area contributed by atoms with Gasteiger partial charge in [-0.25, -0.2) is 4.98 Å². The number of carbonyl (C=O) groups excluding carboxylic acids is 1. The van der Waals surface area contributed by atoms with Crippen LogP contribution in [0.15, 0.2) is 18.6 Å². The van der Waals surface area contributed by atoms with Gasteiger partial charge in [0.2, 0.25) is 0 Å². The number of anilines is 2. The Morgan fingerprint density at radius 2 is 2.25 bits per heavy atom. The first-order valence-electron chi connectivity index (χ1n) is 4.38. The van der Waals surface area contributed by atoms with Crippen LogP contribution in [-0.2, 0) is 0 Å². The Labute approximate surface area is 95.1 Å². The number of rotatable bonds is 3. The number of nitrogens with one attached hydrogen (secondary N) is 2. The van der Waals surface area contributed by atoms with Crippen molar-refractivity contribution < 1.29 is 4.79 Å². The third kappa shape index (κ3) is 2.28. The minimum Gasteiger partial charge on any atom is -0.372 e. The first-order chi connectivity index (χ1) is 7.79. The summed E-state index contributed by atoms with van der Waals surface area (Å²) in [6, 6.07) is 0. The van der Waals surface area contributed by atoms with E-state index >= 15 is 0 Å². The summed E-state index contributed by atoms with van der Waals surface area (Å²) in [5.74, 6) is 0.200. The second-order valence-electron chi connectivity index (χ2n) is 2.78. The Morgan fingerprint density at radius 1 is 1.38 bits per heavy atom. The molecule has 7 nitrogen and oxygen atoms in total. The lowest BCUT2D eigenvalue weighted by molar-refractivity contribution is 0.102. The molecule has 82 valence electrons. The van der Waals surface area contributed by atoms with E-state index in [2.05, 4.69) is 30.2 Å². The Balaban J connectivity index is 2.14. The van der Waals surface area contributed by atoms with Crippen LogP contribution in [0.3, 0.4) is 0 Å². The summed E-state index contributed by atoms with van der Waals surface area (Å²) in [5, 5.41) is 9.60. The summed E-state index contributed by atoms with van der Waals surface area (Å²) in [5.41, 5.74) is 0.236. The Kier molecular flexibility index (Phi) is 3.01. The maximum absolute atomic E-state index is 11.7. The van der Waals surface area contributed by atoms with Crippen LogP contribution >= 0.6 is 11.5 Å². The van der Waals surface area contributed by atoms with Gasteiger partial charge in [-0.3, -0.25) is 9.78 Å². The average molecular weight is 236 g/mol. The zero-order chi connectivity index (χ0) is 11.4. The first kappa shape index (κ1) is 10.4. The zero-order valence-electron chi connectivity index (χ0n) is 8.34. The topological polar surface area (TPSA) is 92.7 Å². The molecular formula is C8H8N6OS. The first-order valence-corrected chi connectivity index (χ1v) is 5.15. The maximum atomic E-state index is 11.7. The lowest BCUT2D eigenvalue weighted by atomic mass is 10.4. The van der Waals surface area contributed by atoms with Crippen LogP contribution in [0.25, 0.3) is 0 Å². The number of aromatic nitrogens is 4. The van der Waals surface area contributed by atoms with E-state index in [-0.39, 0.29) is 11.6 Å². The molecule has 0 bridgehead atoms. The summed E-state index contributed by atoms with van der Waals surface area (Å²) >= 11 is 1.10. The summed E-state index contributed by atoms with van der Waals surface area (Å²) in [6.07, 6.45) is 4.40. The second-order valence-corrected chi connectivity index (χ2v) is 3.56. The summed E-state index contributed by atoms with van der Waals surface area (Å²) in [4.78, 5) is 19.6. The number of hydrogen-bond acceptors (Lipinski definition) is 7. The number of amides is 1. The van der Waals surface area contributed by atoms with Crippen LogP contribution in [0.2, 0.25) is 0 Å². The molecule has 0 aliphatic carbocycles. The summed E-state index contributed by atoms with van der Waals surface area (Å²) < 4.78 is 3.63. The van der Waals surface area contributed by atoms with E-state index in [1.807, 2.05) is 0 Å². The molecule has 0 unspecified atom stereocenters. The fraction of sp³-hybridized carbons (Fsp3) is 0.125. The average Bonchev–Trinajstić information content (AvgIpc) is 2.82. The number of hydrogen-bond donors (Lipinski definition) is 2. The van der Waals surface area contributed by atoms with E-state index in [1.165, 1.54) is 18.6 Å². The molecule has 2 aromatic heterocycles. The van der Waals surface area contributed by atoms with Gasteiger partial charge in [-0.2, -0.15) is 0 Å². The summed E-state index contributed by atoms with van der Waals surface area (Å²) in [7, 11) is 1.71. The lowest BCUT2D eigenvalue weighted by Gasteiger charge is -2.02. The SMILES string of the molecule is CNc1cncc(C(=O)Nc2cnns2)n1. The highest BCUT2D eigenvalue weighted by molar-refractivity contribution is 7.10. The molecule has 0 saturated heterocycles. The van der Waals surface area contributed by atoms with Crippen molar-refractivity contribution in [3.8, 4) is 0 Å². The molecule has 0 saturated carbocycles. The quantitative estimate of drug-likeness (QED) is 0.811. The van der Waals surface area contributed by atoms with Crippen LogP contribution < -0.4 is 10.6 Å². The van der Waals surface area contributed by atoms with Gasteiger partial charge < -0.3 is 10.6 Å². The predicted octanol–water partition coefficient (Wildman–Crippen LogP) is 0.622. The fourth-order valence-corrected chi connectivity index (χ4v) is 1.41. The number of nitrogens with zero attached hydrogens (tertiary/aromatic N) is 4. The standard InChI is InChI=1S/C8H8N6OS/c1-9-6-3-10-2-5(12-6)8(15)13-7-4-11-14-16-7/h2-4H,1H3,(H,9,12)(H,13,15). The fourth-order valence-electron chi connectivity index (χ4n) is 0.994. The van der Waals surface area contributed by atoms with E-state index in [0.29, 0.717) is 10.8 Å². The van der Waals surface area contributed by atoms with Gasteiger partial charge in [0.05, 0.1) is 18.6 Å². The molecule has 0 fully saturated rings. The van der Waals surface area contributed by atoms with E-state index < -0.39 is 0 Å². The van der Waals surface area contributed by atoms with Crippen molar-refractivity contribution in [3.63, 3.8) is 0 Å². The highest BCUT2D eigenvalue weighted by atomic mass is 32.1. The summed E-state index contributed by atoms with van der Waals surface area (Å²) in [6.45, 7) is 0. The third-order valence-corrected chi connectivity index (χ3v) is 2.30. The van der Waals surface area contributed by atoms with Gasteiger partial charge in [0.25, 0.3) is 5.91 Å². The van der Waals surface area contributed by atoms with Crippen molar-refractivity contribution >= 4 is 28.3 Å². The molecule has 1 amide bonds. The Morgan fingerprint density at radius 3 is 2.94 bits per heavy atom. The molecule has 0 radical (unpaired) electrons. The van der Waals surface area contributed by atoms with Crippen molar-refractivity contribution in [3.05, 3.63) is 24.3 Å². The van der Waals surface area contributed by atoms with Crippen LogP contribution in [0.4, 0.5) is 10.8 Å². The largest absolute Gasteiger partial charge is 0.372 e. The van der Waals surface area contributed by atoms with Crippen molar-refractivity contribution in [2.75, 3.05) is 17.7 Å². The van der Waals surface area contributed by atoms with E-state index in [1.54, 1.807) is 7.05 Å². The monoisotopic (exact) mass is 236 g/mol. The highest BCUT2D eigenvalue weighted by Crippen LogP contribution is 2.11. The minimum atomic E-state index is -0.337. The number of carbonyl (C=O) groups is 1. The van der Waals surface area contributed by atoms with Gasteiger partial charge in [-0.1, -0.05) is 4.49 Å². The van der Waals surface area contributed by atoms with E-state index in [9.17, 15) is 4.79 Å². The molecule has 0 aliphatic rings. The third-order valence-electron chi connectivity index (χ3n) is 1.72. The van der Waals surface area contributed by atoms with Crippen molar-refractivity contribution in [2.24, 2.45) is 0 Å². The van der Waals surface area contributed by atoms with Crippen LogP contribution in [-0.4, -0.2) is 32.5 Å². The molecule has 2 rings (SSSR count). The lowest BCUT2D eigenvalue weighted by Crippen LogP contribution is -2.14. The van der Waals surface area contributed by atoms with Crippen molar-refractivity contribution in [1.29, 1.82) is 0 Å². The maximum Gasteiger partial charge on any atom is 0.276 e.